The molecule has 0 bridgehead atoms. The van der Waals surface area contributed by atoms with E-state index in [1.54, 1.807) is 12.1 Å². The number of hydrogen-bond acceptors (Lipinski definition) is 1. The fourth-order valence-electron chi connectivity index (χ4n) is 3.11. The summed E-state index contributed by atoms with van der Waals surface area (Å²) in [5.74, 6) is -0.539. The molecule has 3 rings (SSSR count). The molecule has 0 unspecified atom stereocenters. The minimum atomic E-state index is -0.460. The largest absolute Gasteiger partial charge is 0.274 e. The zero-order valence-corrected chi connectivity index (χ0v) is 12.7. The Bertz CT molecular complexity index is 663. The highest BCUT2D eigenvalue weighted by atomic mass is 35.5. The van der Waals surface area contributed by atoms with Crippen molar-refractivity contribution in [3.63, 3.8) is 0 Å². The maximum Gasteiger partial charge on any atom is 0.259 e. The standard InChI is InChI=1S/C17H17ClFNO/c1-2-5-15-12-6-3-4-7-13(12)17(21)20(15)16-9-8-11(18)10-14(16)19/h5,8-10H,2-4,6-7H2,1H3/b15-5+. The molecule has 0 radical (unpaired) electrons. The summed E-state index contributed by atoms with van der Waals surface area (Å²) in [7, 11) is 0. The van der Waals surface area contributed by atoms with Gasteiger partial charge in [0.2, 0.25) is 0 Å². The molecule has 0 spiro atoms. The van der Waals surface area contributed by atoms with Crippen LogP contribution in [0, 0.1) is 5.82 Å². The Labute approximate surface area is 128 Å². The van der Waals surface area contributed by atoms with E-state index in [4.69, 9.17) is 11.6 Å². The van der Waals surface area contributed by atoms with Gasteiger partial charge in [0.1, 0.15) is 5.82 Å². The zero-order chi connectivity index (χ0) is 15.0. The highest BCUT2D eigenvalue weighted by molar-refractivity contribution is 6.30. The van der Waals surface area contributed by atoms with Gasteiger partial charge >= 0.3 is 0 Å². The Morgan fingerprint density at radius 3 is 2.67 bits per heavy atom. The van der Waals surface area contributed by atoms with Crippen molar-refractivity contribution in [1.29, 1.82) is 0 Å². The van der Waals surface area contributed by atoms with Crippen LogP contribution in [0.5, 0.6) is 0 Å². The van der Waals surface area contributed by atoms with Crippen molar-refractivity contribution in [3.05, 3.63) is 52.0 Å². The Balaban J connectivity index is 2.10. The second-order valence-corrected chi connectivity index (χ2v) is 5.83. The quantitative estimate of drug-likeness (QED) is 0.753. The van der Waals surface area contributed by atoms with E-state index in [1.807, 2.05) is 13.0 Å². The summed E-state index contributed by atoms with van der Waals surface area (Å²) < 4.78 is 14.2. The molecule has 1 aromatic rings. The van der Waals surface area contributed by atoms with Crippen LogP contribution in [0.4, 0.5) is 10.1 Å². The summed E-state index contributed by atoms with van der Waals surface area (Å²) in [5, 5.41) is 0.335. The van der Waals surface area contributed by atoms with Gasteiger partial charge in [0, 0.05) is 16.3 Å². The molecule has 1 aromatic carbocycles. The third kappa shape index (κ3) is 2.40. The highest BCUT2D eigenvalue weighted by Crippen LogP contribution is 2.42. The molecule has 1 amide bonds. The first kappa shape index (κ1) is 14.3. The van der Waals surface area contributed by atoms with Crippen molar-refractivity contribution in [2.24, 2.45) is 0 Å². The second kappa shape index (κ2) is 5.64. The molecule has 0 atom stereocenters. The molecule has 4 heteroatoms. The molecule has 110 valence electrons. The smallest absolute Gasteiger partial charge is 0.259 e. The van der Waals surface area contributed by atoms with Crippen LogP contribution in [0.2, 0.25) is 5.02 Å². The molecule has 1 aliphatic heterocycles. The number of amides is 1. The lowest BCUT2D eigenvalue weighted by atomic mass is 9.92. The van der Waals surface area contributed by atoms with Crippen LogP contribution in [0.1, 0.15) is 39.0 Å². The predicted octanol–water partition coefficient (Wildman–Crippen LogP) is 4.99. The van der Waals surface area contributed by atoms with Gasteiger partial charge < -0.3 is 0 Å². The van der Waals surface area contributed by atoms with Gasteiger partial charge in [-0.15, -0.1) is 0 Å². The summed E-state index contributed by atoms with van der Waals surface area (Å²) in [5.41, 5.74) is 3.11. The van der Waals surface area contributed by atoms with Crippen LogP contribution in [-0.2, 0) is 4.79 Å². The summed E-state index contributed by atoms with van der Waals surface area (Å²) >= 11 is 5.81. The molecular weight excluding hydrogens is 289 g/mol. The molecule has 2 nitrogen and oxygen atoms in total. The van der Waals surface area contributed by atoms with Crippen molar-refractivity contribution < 1.29 is 9.18 Å². The van der Waals surface area contributed by atoms with Gasteiger partial charge in [-0.3, -0.25) is 9.69 Å². The summed E-state index contributed by atoms with van der Waals surface area (Å²) in [6, 6.07) is 4.46. The average Bonchev–Trinajstić information content (AvgIpc) is 2.74. The normalized spacial score (nSPS) is 20.4. The number of carbonyl (C=O) groups is 1. The molecule has 0 N–H and O–H groups in total. The van der Waals surface area contributed by atoms with E-state index >= 15 is 0 Å². The lowest BCUT2D eigenvalue weighted by Gasteiger charge is -2.21. The minimum absolute atomic E-state index is 0.0781. The van der Waals surface area contributed by atoms with Crippen molar-refractivity contribution in [1.82, 2.24) is 0 Å². The number of hydrogen-bond donors (Lipinski definition) is 0. The first-order valence-corrected chi connectivity index (χ1v) is 7.73. The molecule has 1 heterocycles. The number of anilines is 1. The number of halogens is 2. The molecule has 0 aromatic heterocycles. The van der Waals surface area contributed by atoms with Gasteiger partial charge in [-0.1, -0.05) is 24.6 Å². The third-order valence-corrected chi connectivity index (χ3v) is 4.26. The van der Waals surface area contributed by atoms with Crippen LogP contribution < -0.4 is 4.90 Å². The maximum absolute atomic E-state index is 14.2. The third-order valence-electron chi connectivity index (χ3n) is 4.03. The average molecular weight is 306 g/mol. The Hall–Kier alpha value is -1.61. The van der Waals surface area contributed by atoms with E-state index in [2.05, 4.69) is 0 Å². The first-order valence-electron chi connectivity index (χ1n) is 7.35. The van der Waals surface area contributed by atoms with E-state index in [0.29, 0.717) is 10.7 Å². The van der Waals surface area contributed by atoms with Gasteiger partial charge in [0.05, 0.1) is 5.69 Å². The Kier molecular flexibility index (Phi) is 3.85. The van der Waals surface area contributed by atoms with Crippen LogP contribution in [0.25, 0.3) is 0 Å². The van der Waals surface area contributed by atoms with Gasteiger partial charge in [0.25, 0.3) is 5.91 Å². The number of allylic oxidation sites excluding steroid dienone is 2. The SMILES string of the molecule is CC/C=C1\C2=C(CCCC2)C(=O)N1c1ccc(Cl)cc1F. The number of benzene rings is 1. The van der Waals surface area contributed by atoms with Gasteiger partial charge in [-0.25, -0.2) is 4.39 Å². The van der Waals surface area contributed by atoms with Crippen LogP contribution in [0.15, 0.2) is 41.1 Å². The summed E-state index contributed by atoms with van der Waals surface area (Å²) in [6.45, 7) is 2.02. The molecular formula is C17H17ClFNO. The Morgan fingerprint density at radius 2 is 2.00 bits per heavy atom. The number of carbonyl (C=O) groups excluding carboxylic acids is 1. The first-order chi connectivity index (χ1) is 10.1. The van der Waals surface area contributed by atoms with Crippen molar-refractivity contribution in [2.45, 2.75) is 39.0 Å². The van der Waals surface area contributed by atoms with E-state index in [1.165, 1.54) is 11.0 Å². The number of rotatable bonds is 2. The lowest BCUT2D eigenvalue weighted by molar-refractivity contribution is -0.114. The van der Waals surface area contributed by atoms with Gasteiger partial charge in [-0.05, 0) is 55.9 Å². The molecule has 2 aliphatic rings. The highest BCUT2D eigenvalue weighted by Gasteiger charge is 2.37. The van der Waals surface area contributed by atoms with E-state index in [-0.39, 0.29) is 5.91 Å². The van der Waals surface area contributed by atoms with Crippen molar-refractivity contribution in [2.75, 3.05) is 4.90 Å². The molecule has 1 aliphatic carbocycles. The van der Waals surface area contributed by atoms with Crippen LogP contribution in [-0.4, -0.2) is 5.91 Å². The molecule has 0 saturated carbocycles. The van der Waals surface area contributed by atoms with E-state index in [9.17, 15) is 9.18 Å². The monoisotopic (exact) mass is 305 g/mol. The van der Waals surface area contributed by atoms with Crippen molar-refractivity contribution in [3.8, 4) is 0 Å². The minimum Gasteiger partial charge on any atom is -0.274 e. The Morgan fingerprint density at radius 1 is 1.29 bits per heavy atom. The van der Waals surface area contributed by atoms with Crippen LogP contribution >= 0.6 is 11.6 Å². The molecule has 0 saturated heterocycles. The van der Waals surface area contributed by atoms with Crippen molar-refractivity contribution >= 4 is 23.2 Å². The second-order valence-electron chi connectivity index (χ2n) is 5.40. The topological polar surface area (TPSA) is 20.3 Å². The fourth-order valence-corrected chi connectivity index (χ4v) is 3.27. The van der Waals surface area contributed by atoms with E-state index < -0.39 is 5.82 Å². The molecule has 0 fully saturated rings. The molecule has 21 heavy (non-hydrogen) atoms. The van der Waals surface area contributed by atoms with E-state index in [0.717, 1.165) is 48.9 Å². The fraction of sp³-hybridized carbons (Fsp3) is 0.353. The zero-order valence-electron chi connectivity index (χ0n) is 12.0. The maximum atomic E-state index is 14.2. The summed E-state index contributed by atoms with van der Waals surface area (Å²) in [4.78, 5) is 14.2. The lowest BCUT2D eigenvalue weighted by Crippen LogP contribution is -2.26. The van der Waals surface area contributed by atoms with Crippen LogP contribution in [0.3, 0.4) is 0 Å². The predicted molar refractivity (Wildman–Crippen MR) is 82.8 cm³/mol. The van der Waals surface area contributed by atoms with Gasteiger partial charge in [0.15, 0.2) is 0 Å². The number of nitrogens with zero attached hydrogens (tertiary/aromatic N) is 1. The summed E-state index contributed by atoms with van der Waals surface area (Å²) in [6.07, 6.45) is 6.63. The van der Waals surface area contributed by atoms with Gasteiger partial charge in [-0.2, -0.15) is 0 Å².